The molecular weight excluding hydrogens is 408 g/mol. The first-order valence-electron chi connectivity index (χ1n) is 10.1. The molecule has 1 aliphatic heterocycles. The molecule has 6 heteroatoms. The van der Waals surface area contributed by atoms with E-state index in [0.29, 0.717) is 5.92 Å². The van der Waals surface area contributed by atoms with Crippen molar-refractivity contribution in [1.29, 1.82) is 0 Å². The second-order valence-electron chi connectivity index (χ2n) is 8.73. The Hall–Kier alpha value is -0.820. The third-order valence-electron chi connectivity index (χ3n) is 6.04. The van der Waals surface area contributed by atoms with Crippen molar-refractivity contribution in [3.8, 4) is 0 Å². The maximum atomic E-state index is 10.6. The van der Waals surface area contributed by atoms with Gasteiger partial charge in [-0.25, -0.2) is 0 Å². The molecule has 1 aromatic carbocycles. The molecule has 4 N–H and O–H groups in total. The summed E-state index contributed by atoms with van der Waals surface area (Å²) in [5, 5.41) is 39.2. The van der Waals surface area contributed by atoms with E-state index in [0.717, 1.165) is 12.0 Å². The van der Waals surface area contributed by atoms with Crippen LogP contribution in [0.4, 0.5) is 0 Å². The van der Waals surface area contributed by atoms with E-state index < -0.39 is 28.8 Å². The van der Waals surface area contributed by atoms with Gasteiger partial charge >= 0.3 is 0 Å². The monoisotopic (exact) mass is 438 g/mol. The van der Waals surface area contributed by atoms with E-state index in [2.05, 4.69) is 51.1 Å². The molecule has 7 atom stereocenters. The molecule has 0 spiro atoms. The molecule has 7 unspecified atom stereocenters. The number of halogens is 1. The van der Waals surface area contributed by atoms with Gasteiger partial charge in [-0.15, -0.1) is 23.4 Å². The summed E-state index contributed by atoms with van der Waals surface area (Å²) in [6.45, 7) is 6.17. The topological polar surface area (TPSA) is 80.9 Å². The number of allylic oxidation sites excluding steroid dienone is 3. The highest BCUT2D eigenvalue weighted by molar-refractivity contribution is 8.00. The summed E-state index contributed by atoms with van der Waals surface area (Å²) in [5.74, 6) is 0.482. The van der Waals surface area contributed by atoms with E-state index >= 15 is 0 Å². The first-order chi connectivity index (χ1) is 13.7. The van der Waals surface area contributed by atoms with Gasteiger partial charge in [-0.05, 0) is 29.0 Å². The van der Waals surface area contributed by atoms with E-state index in [-0.39, 0.29) is 17.4 Å². The zero-order chi connectivity index (χ0) is 21.3. The molecule has 0 saturated carbocycles. The fourth-order valence-electron chi connectivity index (χ4n) is 4.09. The quantitative estimate of drug-likeness (QED) is 0.531. The van der Waals surface area contributed by atoms with Gasteiger partial charge in [0.15, 0.2) is 0 Å². The number of aliphatic hydroxyl groups excluding tert-OH is 4. The highest BCUT2D eigenvalue weighted by Gasteiger charge is 2.45. The second kappa shape index (κ2) is 9.13. The van der Waals surface area contributed by atoms with Crippen LogP contribution in [0.1, 0.15) is 37.8 Å². The van der Waals surface area contributed by atoms with Crippen molar-refractivity contribution in [3.63, 3.8) is 0 Å². The van der Waals surface area contributed by atoms with E-state index in [9.17, 15) is 20.4 Å². The summed E-state index contributed by atoms with van der Waals surface area (Å²) in [5.41, 5.74) is 2.99. The second-order valence-corrected chi connectivity index (χ2v) is 10.6. The van der Waals surface area contributed by atoms with Crippen LogP contribution < -0.4 is 0 Å². The molecule has 0 amide bonds. The lowest BCUT2D eigenvalue weighted by molar-refractivity contribution is -0.0664. The number of hydrogen-bond acceptors (Lipinski definition) is 5. The Morgan fingerprint density at radius 1 is 1.07 bits per heavy atom. The Balaban J connectivity index is 1.85. The summed E-state index contributed by atoms with van der Waals surface area (Å²) in [4.78, 5) is 0. The zero-order valence-electron chi connectivity index (χ0n) is 17.1. The highest BCUT2D eigenvalue weighted by Crippen LogP contribution is 2.43. The zero-order valence-corrected chi connectivity index (χ0v) is 18.6. The van der Waals surface area contributed by atoms with Crippen molar-refractivity contribution in [2.75, 3.05) is 6.61 Å². The molecular formula is C23H31ClO4S. The molecule has 1 aromatic rings. The summed E-state index contributed by atoms with van der Waals surface area (Å²) in [6, 6.07) is 8.59. The average molecular weight is 439 g/mol. The standard InChI is InChI=1S/C23H31ClO4S/c1-13(2)15-6-4-14(5-7-15)10-23(3)11-16(8-9-18(23)24)22-21(28)20(27)19(26)17(12-25)29-22/h4-9,11,13,17-22,25-28H,10,12H2,1-3H3. The maximum absolute atomic E-state index is 10.6. The molecule has 4 nitrogen and oxygen atoms in total. The average Bonchev–Trinajstić information content (AvgIpc) is 2.69. The third kappa shape index (κ3) is 4.76. The fourth-order valence-corrected chi connectivity index (χ4v) is 5.71. The van der Waals surface area contributed by atoms with Crippen molar-refractivity contribution < 1.29 is 20.4 Å². The van der Waals surface area contributed by atoms with Gasteiger partial charge in [0.1, 0.15) is 6.10 Å². The lowest BCUT2D eigenvalue weighted by atomic mass is 9.75. The normalized spacial score (nSPS) is 37.6. The molecule has 1 heterocycles. The van der Waals surface area contributed by atoms with Crippen LogP contribution in [0.15, 0.2) is 48.1 Å². The van der Waals surface area contributed by atoms with Crippen LogP contribution in [0.3, 0.4) is 0 Å². The lowest BCUT2D eigenvalue weighted by Crippen LogP contribution is -2.54. The van der Waals surface area contributed by atoms with E-state index in [1.54, 1.807) is 0 Å². The molecule has 3 rings (SSSR count). The maximum Gasteiger partial charge on any atom is 0.108 e. The van der Waals surface area contributed by atoms with Gasteiger partial charge in [0, 0.05) is 5.41 Å². The van der Waals surface area contributed by atoms with E-state index in [4.69, 9.17) is 11.6 Å². The minimum Gasteiger partial charge on any atom is -0.395 e. The van der Waals surface area contributed by atoms with Gasteiger partial charge < -0.3 is 20.4 Å². The number of thioether (sulfide) groups is 1. The predicted octanol–water partition coefficient (Wildman–Crippen LogP) is 3.02. The predicted molar refractivity (Wildman–Crippen MR) is 119 cm³/mol. The summed E-state index contributed by atoms with van der Waals surface area (Å²) in [6.07, 6.45) is 3.08. The highest BCUT2D eigenvalue weighted by atomic mass is 35.5. The molecule has 0 bridgehead atoms. The minimum atomic E-state index is -1.30. The van der Waals surface area contributed by atoms with Crippen molar-refractivity contribution in [2.45, 2.75) is 67.3 Å². The Morgan fingerprint density at radius 2 is 1.72 bits per heavy atom. The Labute approximate surface area is 182 Å². The van der Waals surface area contributed by atoms with Crippen LogP contribution in [-0.4, -0.2) is 61.2 Å². The number of rotatable bonds is 5. The Kier molecular flexibility index (Phi) is 7.19. The fraction of sp³-hybridized carbons (Fsp3) is 0.565. The number of alkyl halides is 1. The largest absolute Gasteiger partial charge is 0.395 e. The molecule has 1 aliphatic carbocycles. The van der Waals surface area contributed by atoms with E-state index in [1.165, 1.54) is 22.9 Å². The van der Waals surface area contributed by atoms with E-state index in [1.807, 2.05) is 12.2 Å². The van der Waals surface area contributed by atoms with Crippen molar-refractivity contribution in [1.82, 2.24) is 0 Å². The number of aliphatic hydroxyl groups is 4. The first-order valence-corrected chi connectivity index (χ1v) is 11.5. The molecule has 2 aliphatic rings. The van der Waals surface area contributed by atoms with Gasteiger partial charge in [0.2, 0.25) is 0 Å². The van der Waals surface area contributed by atoms with Crippen LogP contribution in [0, 0.1) is 5.41 Å². The Morgan fingerprint density at radius 3 is 2.31 bits per heavy atom. The number of benzene rings is 1. The Bertz CT molecular complexity index is 761. The van der Waals surface area contributed by atoms with Crippen LogP contribution in [-0.2, 0) is 6.42 Å². The molecule has 1 saturated heterocycles. The molecule has 0 aromatic heterocycles. The van der Waals surface area contributed by atoms with Gasteiger partial charge in [0.25, 0.3) is 0 Å². The van der Waals surface area contributed by atoms with Gasteiger partial charge in [-0.1, -0.05) is 63.3 Å². The molecule has 1 fully saturated rings. The smallest absolute Gasteiger partial charge is 0.108 e. The van der Waals surface area contributed by atoms with Crippen LogP contribution >= 0.6 is 23.4 Å². The SMILES string of the molecule is CC(C)c1ccc(CC2(C)C=C(C3SC(CO)C(O)C(O)C3O)C=CC2Cl)cc1. The van der Waals surface area contributed by atoms with Gasteiger partial charge in [0.05, 0.1) is 34.7 Å². The van der Waals surface area contributed by atoms with Gasteiger partial charge in [-0.2, -0.15) is 0 Å². The van der Waals surface area contributed by atoms with Crippen LogP contribution in [0.5, 0.6) is 0 Å². The molecule has 160 valence electrons. The summed E-state index contributed by atoms with van der Waals surface area (Å²) >= 11 is 7.97. The lowest BCUT2D eigenvalue weighted by Gasteiger charge is -2.42. The molecule has 29 heavy (non-hydrogen) atoms. The number of hydrogen-bond donors (Lipinski definition) is 4. The first kappa shape index (κ1) is 22.9. The summed E-state index contributed by atoms with van der Waals surface area (Å²) < 4.78 is 0. The van der Waals surface area contributed by atoms with Crippen LogP contribution in [0.2, 0.25) is 0 Å². The minimum absolute atomic E-state index is 0.203. The molecule has 0 radical (unpaired) electrons. The van der Waals surface area contributed by atoms with Crippen molar-refractivity contribution >= 4 is 23.4 Å². The van der Waals surface area contributed by atoms with Crippen molar-refractivity contribution in [2.24, 2.45) is 5.41 Å². The summed E-state index contributed by atoms with van der Waals surface area (Å²) in [7, 11) is 0. The van der Waals surface area contributed by atoms with Gasteiger partial charge in [-0.3, -0.25) is 0 Å². The third-order valence-corrected chi connectivity index (χ3v) is 8.30. The van der Waals surface area contributed by atoms with Crippen LogP contribution in [0.25, 0.3) is 0 Å². The van der Waals surface area contributed by atoms with Crippen molar-refractivity contribution in [3.05, 3.63) is 59.2 Å².